The Labute approximate surface area is 107 Å². The zero-order valence-corrected chi connectivity index (χ0v) is 10.6. The van der Waals surface area contributed by atoms with Crippen molar-refractivity contribution in [2.45, 2.75) is 25.7 Å². The molecule has 0 spiro atoms. The van der Waals surface area contributed by atoms with Crippen molar-refractivity contribution in [1.29, 1.82) is 0 Å². The monoisotopic (exact) mass is 250 g/mol. The number of halogens is 1. The number of rotatable bonds is 3. The molecule has 2 rings (SSSR count). The minimum Gasteiger partial charge on any atom is -0.352 e. The fraction of sp³-hybridized carbons (Fsp3) is 0.500. The number of piperidine rings is 1. The molecule has 1 aliphatic rings. The van der Waals surface area contributed by atoms with E-state index >= 15 is 0 Å². The molecule has 0 aromatic heterocycles. The number of benzene rings is 1. The molecule has 1 fully saturated rings. The highest BCUT2D eigenvalue weighted by Gasteiger charge is 2.17. The largest absolute Gasteiger partial charge is 0.352 e. The van der Waals surface area contributed by atoms with Crippen LogP contribution in [0, 0.1) is 5.82 Å². The fourth-order valence-corrected chi connectivity index (χ4v) is 2.40. The summed E-state index contributed by atoms with van der Waals surface area (Å²) < 4.78 is 13.6. The molecule has 18 heavy (non-hydrogen) atoms. The summed E-state index contributed by atoms with van der Waals surface area (Å²) in [4.78, 5) is 11.7. The second kappa shape index (κ2) is 5.96. The molecule has 0 saturated carbocycles. The van der Waals surface area contributed by atoms with Crippen LogP contribution in [0.3, 0.4) is 0 Å². The number of nitrogens with one attached hydrogen (secondary N) is 2. The summed E-state index contributed by atoms with van der Waals surface area (Å²) in [6, 6.07) is 4.68. The number of carbonyl (C=O) groups excluding carboxylic acids is 1. The van der Waals surface area contributed by atoms with Crippen molar-refractivity contribution >= 4 is 5.91 Å². The first kappa shape index (κ1) is 13.0. The zero-order valence-electron chi connectivity index (χ0n) is 10.6. The first-order chi connectivity index (χ1) is 8.70. The topological polar surface area (TPSA) is 41.1 Å². The lowest BCUT2D eigenvalue weighted by atomic mass is 9.89. The number of hydrogen-bond donors (Lipinski definition) is 2. The highest BCUT2D eigenvalue weighted by atomic mass is 19.1. The van der Waals surface area contributed by atoms with Gasteiger partial charge in [0.05, 0.1) is 0 Å². The van der Waals surface area contributed by atoms with E-state index in [0.717, 1.165) is 31.5 Å². The van der Waals surface area contributed by atoms with Crippen molar-refractivity contribution in [3.05, 3.63) is 35.1 Å². The second-order valence-corrected chi connectivity index (χ2v) is 4.66. The Hall–Kier alpha value is -1.42. The molecule has 1 aliphatic heterocycles. The summed E-state index contributed by atoms with van der Waals surface area (Å²) in [6.07, 6.45) is 2.00. The molecule has 0 aliphatic carbocycles. The Morgan fingerprint density at radius 2 is 2.11 bits per heavy atom. The Morgan fingerprint density at radius 1 is 1.39 bits per heavy atom. The number of hydrogen-bond acceptors (Lipinski definition) is 2. The predicted molar refractivity (Wildman–Crippen MR) is 69.3 cm³/mol. The molecule has 1 amide bonds. The maximum absolute atomic E-state index is 13.6. The summed E-state index contributed by atoms with van der Waals surface area (Å²) >= 11 is 0. The molecule has 1 heterocycles. The highest BCUT2D eigenvalue weighted by molar-refractivity contribution is 5.94. The van der Waals surface area contributed by atoms with Crippen LogP contribution in [0.2, 0.25) is 0 Å². The van der Waals surface area contributed by atoms with Gasteiger partial charge in [0, 0.05) is 12.1 Å². The third-order valence-electron chi connectivity index (χ3n) is 3.33. The summed E-state index contributed by atoms with van der Waals surface area (Å²) in [7, 11) is 0. The van der Waals surface area contributed by atoms with Gasteiger partial charge in [0.15, 0.2) is 0 Å². The molecular weight excluding hydrogens is 231 g/mol. The molecule has 0 bridgehead atoms. The Morgan fingerprint density at radius 3 is 2.78 bits per heavy atom. The van der Waals surface area contributed by atoms with Gasteiger partial charge in [-0.3, -0.25) is 4.79 Å². The molecular formula is C14H19FN2O. The van der Waals surface area contributed by atoms with E-state index in [4.69, 9.17) is 0 Å². The number of amides is 1. The molecule has 3 nitrogen and oxygen atoms in total. The lowest BCUT2D eigenvalue weighted by Crippen LogP contribution is -2.27. The van der Waals surface area contributed by atoms with E-state index in [9.17, 15) is 9.18 Å². The van der Waals surface area contributed by atoms with Crippen molar-refractivity contribution < 1.29 is 9.18 Å². The van der Waals surface area contributed by atoms with Gasteiger partial charge in [0.25, 0.3) is 5.91 Å². The Balaban J connectivity index is 2.22. The van der Waals surface area contributed by atoms with Gasteiger partial charge in [-0.2, -0.15) is 0 Å². The molecule has 1 saturated heterocycles. The molecule has 0 unspecified atom stereocenters. The minimum atomic E-state index is -0.327. The van der Waals surface area contributed by atoms with Crippen LogP contribution in [0.5, 0.6) is 0 Å². The van der Waals surface area contributed by atoms with Gasteiger partial charge in [-0.05, 0) is 62.5 Å². The van der Waals surface area contributed by atoms with E-state index in [1.54, 1.807) is 6.07 Å². The average Bonchev–Trinajstić information content (AvgIpc) is 2.39. The zero-order chi connectivity index (χ0) is 13.0. The van der Waals surface area contributed by atoms with Crippen LogP contribution in [-0.2, 0) is 0 Å². The van der Waals surface area contributed by atoms with Crippen LogP contribution in [0.4, 0.5) is 4.39 Å². The highest BCUT2D eigenvalue weighted by Crippen LogP contribution is 2.26. The van der Waals surface area contributed by atoms with Crippen LogP contribution >= 0.6 is 0 Å². The minimum absolute atomic E-state index is 0.202. The van der Waals surface area contributed by atoms with Crippen LogP contribution in [0.25, 0.3) is 0 Å². The second-order valence-electron chi connectivity index (χ2n) is 4.66. The predicted octanol–water partition coefficient (Wildman–Crippen LogP) is 2.04. The van der Waals surface area contributed by atoms with Crippen molar-refractivity contribution in [3.63, 3.8) is 0 Å². The van der Waals surface area contributed by atoms with Crippen LogP contribution < -0.4 is 10.6 Å². The van der Waals surface area contributed by atoms with E-state index in [1.807, 2.05) is 13.0 Å². The van der Waals surface area contributed by atoms with Gasteiger partial charge in [0.2, 0.25) is 0 Å². The maximum Gasteiger partial charge on any atom is 0.251 e. The van der Waals surface area contributed by atoms with Gasteiger partial charge in [0.1, 0.15) is 5.82 Å². The standard InChI is InChI=1S/C14H19FN2O/c1-2-17-14(18)12-7-11(8-13(15)9-12)10-3-5-16-6-4-10/h7-10,16H,2-6H2,1H3,(H,17,18). The summed E-state index contributed by atoms with van der Waals surface area (Å²) in [6.45, 7) is 4.32. The van der Waals surface area contributed by atoms with E-state index in [2.05, 4.69) is 10.6 Å². The normalized spacial score (nSPS) is 16.6. The SMILES string of the molecule is CCNC(=O)c1cc(F)cc(C2CCNCC2)c1. The lowest BCUT2D eigenvalue weighted by molar-refractivity contribution is 0.0955. The third-order valence-corrected chi connectivity index (χ3v) is 3.33. The van der Waals surface area contributed by atoms with Crippen LogP contribution in [0.15, 0.2) is 18.2 Å². The average molecular weight is 250 g/mol. The van der Waals surface area contributed by atoms with E-state index in [-0.39, 0.29) is 11.7 Å². The van der Waals surface area contributed by atoms with Crippen molar-refractivity contribution in [2.24, 2.45) is 0 Å². The van der Waals surface area contributed by atoms with Crippen LogP contribution in [0.1, 0.15) is 41.6 Å². The first-order valence-electron chi connectivity index (χ1n) is 6.50. The van der Waals surface area contributed by atoms with Crippen molar-refractivity contribution in [2.75, 3.05) is 19.6 Å². The van der Waals surface area contributed by atoms with Gasteiger partial charge in [-0.25, -0.2) is 4.39 Å². The van der Waals surface area contributed by atoms with E-state index in [0.29, 0.717) is 18.0 Å². The Bertz CT molecular complexity index is 428. The smallest absolute Gasteiger partial charge is 0.251 e. The fourth-order valence-electron chi connectivity index (χ4n) is 2.40. The maximum atomic E-state index is 13.6. The molecule has 0 atom stereocenters. The van der Waals surface area contributed by atoms with Gasteiger partial charge in [-0.15, -0.1) is 0 Å². The van der Waals surface area contributed by atoms with Crippen LogP contribution in [-0.4, -0.2) is 25.5 Å². The molecule has 1 aromatic carbocycles. The number of carbonyl (C=O) groups is 1. The summed E-state index contributed by atoms with van der Waals surface area (Å²) in [5.74, 6) is -0.172. The quantitative estimate of drug-likeness (QED) is 0.862. The van der Waals surface area contributed by atoms with Gasteiger partial charge >= 0.3 is 0 Å². The summed E-state index contributed by atoms with van der Waals surface area (Å²) in [5, 5.41) is 5.98. The lowest BCUT2D eigenvalue weighted by Gasteiger charge is -2.23. The van der Waals surface area contributed by atoms with E-state index < -0.39 is 0 Å². The molecule has 2 N–H and O–H groups in total. The van der Waals surface area contributed by atoms with E-state index in [1.165, 1.54) is 6.07 Å². The molecule has 1 aromatic rings. The van der Waals surface area contributed by atoms with Crippen molar-refractivity contribution in [1.82, 2.24) is 10.6 Å². The van der Waals surface area contributed by atoms with Crippen molar-refractivity contribution in [3.8, 4) is 0 Å². The molecule has 0 radical (unpaired) electrons. The summed E-state index contributed by atoms with van der Waals surface area (Å²) in [5.41, 5.74) is 1.36. The first-order valence-corrected chi connectivity index (χ1v) is 6.50. The van der Waals surface area contributed by atoms with Gasteiger partial charge < -0.3 is 10.6 Å². The third kappa shape index (κ3) is 3.07. The Kier molecular flexibility index (Phi) is 4.31. The molecule has 98 valence electrons. The molecule has 4 heteroatoms. The van der Waals surface area contributed by atoms with Gasteiger partial charge in [-0.1, -0.05) is 0 Å².